The maximum atomic E-state index is 13.1. The van der Waals surface area contributed by atoms with E-state index < -0.39 is 17.0 Å². The van der Waals surface area contributed by atoms with Gasteiger partial charge in [0.1, 0.15) is 5.82 Å². The summed E-state index contributed by atoms with van der Waals surface area (Å²) in [7, 11) is 1.50. The van der Waals surface area contributed by atoms with Gasteiger partial charge in [0.05, 0.1) is 28.8 Å². The Labute approximate surface area is 171 Å². The fraction of sp³-hybridized carbons (Fsp3) is 0.200. The lowest BCUT2D eigenvalue weighted by molar-refractivity contribution is -0.113. The third kappa shape index (κ3) is 4.15. The van der Waals surface area contributed by atoms with Gasteiger partial charge in [-0.25, -0.2) is 9.29 Å². The zero-order chi connectivity index (χ0) is 20.4. The van der Waals surface area contributed by atoms with Crippen molar-refractivity contribution in [1.82, 2.24) is 0 Å². The van der Waals surface area contributed by atoms with Crippen LogP contribution >= 0.6 is 23.4 Å². The van der Waals surface area contributed by atoms with Gasteiger partial charge in [0.25, 0.3) is 11.1 Å². The normalized spacial score (nSPS) is 15.6. The number of carbonyl (C=O) groups excluding carboxylic acids is 2. The molecule has 0 radical (unpaired) electrons. The Morgan fingerprint density at radius 3 is 2.43 bits per heavy atom. The molecule has 1 saturated heterocycles. The van der Waals surface area contributed by atoms with E-state index in [2.05, 4.69) is 0 Å². The van der Waals surface area contributed by atoms with E-state index in [9.17, 15) is 14.0 Å². The number of halogens is 2. The molecule has 2 aromatic carbocycles. The van der Waals surface area contributed by atoms with E-state index in [1.807, 2.05) is 13.8 Å². The van der Waals surface area contributed by atoms with Crippen molar-refractivity contribution in [2.45, 2.75) is 20.0 Å². The Balaban J connectivity index is 1.94. The van der Waals surface area contributed by atoms with Crippen LogP contribution in [-0.4, -0.2) is 24.4 Å². The van der Waals surface area contributed by atoms with Crippen LogP contribution in [0.2, 0.25) is 5.02 Å². The molecule has 0 unspecified atom stereocenters. The second-order valence-corrected chi connectivity index (χ2v) is 7.59. The Hall–Kier alpha value is -2.51. The highest BCUT2D eigenvalue weighted by Gasteiger charge is 2.36. The zero-order valence-corrected chi connectivity index (χ0v) is 16.9. The summed E-state index contributed by atoms with van der Waals surface area (Å²) >= 11 is 7.12. The van der Waals surface area contributed by atoms with Gasteiger partial charge >= 0.3 is 0 Å². The van der Waals surface area contributed by atoms with Gasteiger partial charge in [-0.15, -0.1) is 0 Å². The molecule has 0 bridgehead atoms. The van der Waals surface area contributed by atoms with Crippen LogP contribution < -0.4 is 14.4 Å². The van der Waals surface area contributed by atoms with Crippen molar-refractivity contribution in [3.8, 4) is 11.5 Å². The number of nitrogens with zero attached hydrogens (tertiary/aromatic N) is 1. The third-order valence-electron chi connectivity index (χ3n) is 3.81. The van der Waals surface area contributed by atoms with Crippen molar-refractivity contribution in [3.63, 3.8) is 0 Å². The highest BCUT2D eigenvalue weighted by molar-refractivity contribution is 8.19. The average molecular weight is 422 g/mol. The summed E-state index contributed by atoms with van der Waals surface area (Å²) in [6, 6.07) is 8.39. The summed E-state index contributed by atoms with van der Waals surface area (Å²) in [4.78, 5) is 26.2. The van der Waals surface area contributed by atoms with E-state index in [-0.39, 0.29) is 11.0 Å². The molecule has 0 saturated carbocycles. The van der Waals surface area contributed by atoms with Gasteiger partial charge in [-0.1, -0.05) is 11.6 Å². The van der Waals surface area contributed by atoms with Gasteiger partial charge in [-0.05, 0) is 67.6 Å². The molecule has 1 fully saturated rings. The van der Waals surface area contributed by atoms with Crippen LogP contribution in [0.1, 0.15) is 19.4 Å². The number of benzene rings is 2. The molecule has 0 aliphatic carbocycles. The number of hydrogen-bond acceptors (Lipinski definition) is 5. The molecule has 0 N–H and O–H groups in total. The average Bonchev–Trinajstić information content (AvgIpc) is 2.91. The molecule has 1 heterocycles. The summed E-state index contributed by atoms with van der Waals surface area (Å²) in [6.45, 7) is 3.76. The molecule has 3 rings (SSSR count). The maximum absolute atomic E-state index is 13.1. The lowest BCUT2D eigenvalue weighted by atomic mass is 10.1. The number of hydrogen-bond donors (Lipinski definition) is 0. The van der Waals surface area contributed by atoms with Gasteiger partial charge in [-0.2, -0.15) is 0 Å². The van der Waals surface area contributed by atoms with Crippen LogP contribution in [0.3, 0.4) is 0 Å². The van der Waals surface area contributed by atoms with Crippen molar-refractivity contribution < 1.29 is 23.5 Å². The topological polar surface area (TPSA) is 55.8 Å². The fourth-order valence-corrected chi connectivity index (χ4v) is 3.63. The van der Waals surface area contributed by atoms with Crippen molar-refractivity contribution in [2.75, 3.05) is 12.0 Å². The molecule has 0 aromatic heterocycles. The molecule has 0 atom stereocenters. The summed E-state index contributed by atoms with van der Waals surface area (Å²) in [5, 5.41) is -0.115. The predicted octanol–water partition coefficient (Wildman–Crippen LogP) is 5.52. The van der Waals surface area contributed by atoms with Crippen LogP contribution in [0.4, 0.5) is 14.9 Å². The van der Waals surface area contributed by atoms with E-state index in [1.54, 1.807) is 12.1 Å². The first-order chi connectivity index (χ1) is 13.3. The Kier molecular flexibility index (Phi) is 5.96. The zero-order valence-electron chi connectivity index (χ0n) is 15.4. The largest absolute Gasteiger partial charge is 0.493 e. The molecule has 2 amide bonds. The van der Waals surface area contributed by atoms with Gasteiger partial charge in [0.15, 0.2) is 11.5 Å². The minimum atomic E-state index is -0.501. The Morgan fingerprint density at radius 2 is 1.82 bits per heavy atom. The predicted molar refractivity (Wildman–Crippen MR) is 109 cm³/mol. The number of rotatable bonds is 5. The van der Waals surface area contributed by atoms with E-state index in [0.717, 1.165) is 16.7 Å². The standard InChI is InChI=1S/C20H17ClFNO4S/c1-11(2)27-17-10-15(21)12(8-16(17)26-3)9-18-19(24)23(20(25)28-18)14-6-4-13(22)5-7-14/h4-11H,1-3H3. The van der Waals surface area contributed by atoms with Gasteiger partial charge in [0, 0.05) is 6.07 Å². The first kappa shape index (κ1) is 20.2. The molecule has 28 heavy (non-hydrogen) atoms. The molecule has 1 aliphatic rings. The number of methoxy groups -OCH3 is 1. The molecule has 1 aliphatic heterocycles. The molecule has 146 valence electrons. The maximum Gasteiger partial charge on any atom is 0.298 e. The number of amides is 2. The summed E-state index contributed by atoms with van der Waals surface area (Å²) in [6.07, 6.45) is 1.46. The smallest absolute Gasteiger partial charge is 0.298 e. The van der Waals surface area contributed by atoms with E-state index in [0.29, 0.717) is 27.8 Å². The third-order valence-corrected chi connectivity index (χ3v) is 5.01. The minimum Gasteiger partial charge on any atom is -0.493 e. The summed E-state index contributed by atoms with van der Waals surface area (Å²) in [5.41, 5.74) is 0.816. The van der Waals surface area contributed by atoms with Crippen molar-refractivity contribution in [2.24, 2.45) is 0 Å². The van der Waals surface area contributed by atoms with E-state index >= 15 is 0 Å². The lowest BCUT2D eigenvalue weighted by Crippen LogP contribution is -2.27. The summed E-state index contributed by atoms with van der Waals surface area (Å²) < 4.78 is 24.1. The number of carbonyl (C=O) groups is 2. The van der Waals surface area contributed by atoms with Crippen molar-refractivity contribution >= 4 is 46.3 Å². The van der Waals surface area contributed by atoms with Gasteiger partial charge in [-0.3, -0.25) is 9.59 Å². The number of thioether (sulfide) groups is 1. The van der Waals surface area contributed by atoms with E-state index in [4.69, 9.17) is 21.1 Å². The molecule has 0 spiro atoms. The number of ether oxygens (including phenoxy) is 2. The number of anilines is 1. The first-order valence-corrected chi connectivity index (χ1v) is 9.57. The van der Waals surface area contributed by atoms with Crippen LogP contribution in [0, 0.1) is 5.82 Å². The van der Waals surface area contributed by atoms with Crippen molar-refractivity contribution in [3.05, 3.63) is 57.7 Å². The molecular formula is C20H17ClFNO4S. The lowest BCUT2D eigenvalue weighted by Gasteiger charge is -2.15. The van der Waals surface area contributed by atoms with Crippen molar-refractivity contribution in [1.29, 1.82) is 0 Å². The number of imide groups is 1. The highest BCUT2D eigenvalue weighted by Crippen LogP contribution is 2.39. The highest BCUT2D eigenvalue weighted by atomic mass is 35.5. The molecule has 5 nitrogen and oxygen atoms in total. The Morgan fingerprint density at radius 1 is 1.14 bits per heavy atom. The molecule has 2 aromatic rings. The minimum absolute atomic E-state index is 0.0666. The monoisotopic (exact) mass is 421 g/mol. The quantitative estimate of drug-likeness (QED) is 0.595. The van der Waals surface area contributed by atoms with Gasteiger partial charge in [0.2, 0.25) is 0 Å². The van der Waals surface area contributed by atoms with Crippen LogP contribution in [-0.2, 0) is 4.79 Å². The second kappa shape index (κ2) is 8.24. The SMILES string of the molecule is COc1cc(C=C2SC(=O)N(c3ccc(F)cc3)C2=O)c(Cl)cc1OC(C)C. The molecular weight excluding hydrogens is 405 g/mol. The Bertz CT molecular complexity index is 959. The van der Waals surface area contributed by atoms with E-state index in [1.165, 1.54) is 37.5 Å². The summed E-state index contributed by atoms with van der Waals surface area (Å²) in [5.74, 6) is -0.00539. The first-order valence-electron chi connectivity index (χ1n) is 8.38. The molecule has 8 heteroatoms. The van der Waals surface area contributed by atoms with Crippen LogP contribution in [0.15, 0.2) is 41.3 Å². The van der Waals surface area contributed by atoms with Gasteiger partial charge < -0.3 is 9.47 Å². The fourth-order valence-electron chi connectivity index (χ4n) is 2.59. The van der Waals surface area contributed by atoms with Crippen LogP contribution in [0.25, 0.3) is 6.08 Å². The second-order valence-electron chi connectivity index (χ2n) is 6.18. The van der Waals surface area contributed by atoms with Crippen LogP contribution in [0.5, 0.6) is 11.5 Å².